The van der Waals surface area contributed by atoms with E-state index in [2.05, 4.69) is 0 Å². The molecular formula is C25H31ClN2O8S2. The SMILES string of the molecule is CN(C)c1ccc(S(=O)(=O)Cl)cc1.COc1cc(OS(=O)(=O)c2ccc(N(C)C)cc2)cc(OC)c1OC. The molecule has 0 saturated heterocycles. The fourth-order valence-corrected chi connectivity index (χ4v) is 4.78. The number of ether oxygens (including phenoxy) is 3. The summed E-state index contributed by atoms with van der Waals surface area (Å²) in [7, 11) is 9.40. The molecule has 0 atom stereocenters. The number of nitrogens with zero attached hydrogens (tertiary/aromatic N) is 2. The summed E-state index contributed by atoms with van der Waals surface area (Å²) in [5.74, 6) is 1.02. The Labute approximate surface area is 228 Å². The van der Waals surface area contributed by atoms with Crippen LogP contribution in [0.3, 0.4) is 0 Å². The van der Waals surface area contributed by atoms with Gasteiger partial charge in [-0.05, 0) is 48.5 Å². The van der Waals surface area contributed by atoms with Gasteiger partial charge in [0.05, 0.1) is 26.2 Å². The first-order valence-corrected chi connectivity index (χ1v) is 14.7. The summed E-state index contributed by atoms with van der Waals surface area (Å²) in [6.07, 6.45) is 0. The largest absolute Gasteiger partial charge is 0.493 e. The van der Waals surface area contributed by atoms with Crippen LogP contribution in [0.25, 0.3) is 0 Å². The minimum absolute atomic E-state index is 0.0480. The molecule has 3 rings (SSSR count). The van der Waals surface area contributed by atoms with Crippen molar-refractivity contribution in [1.82, 2.24) is 0 Å². The van der Waals surface area contributed by atoms with E-state index in [1.54, 1.807) is 24.3 Å². The highest BCUT2D eigenvalue weighted by atomic mass is 35.7. The lowest BCUT2D eigenvalue weighted by Crippen LogP contribution is -2.12. The molecule has 3 aromatic carbocycles. The molecule has 0 aliphatic heterocycles. The number of hydrogen-bond donors (Lipinski definition) is 0. The van der Waals surface area contributed by atoms with E-state index in [1.807, 2.05) is 38.0 Å². The Bertz CT molecular complexity index is 1400. The van der Waals surface area contributed by atoms with Gasteiger partial charge in [0, 0.05) is 62.4 Å². The fraction of sp³-hybridized carbons (Fsp3) is 0.280. The molecule has 0 heterocycles. The van der Waals surface area contributed by atoms with Crippen molar-refractivity contribution in [2.24, 2.45) is 0 Å². The molecule has 0 amide bonds. The predicted octanol–water partition coefficient (Wildman–Crippen LogP) is 4.23. The molecule has 0 saturated carbocycles. The maximum Gasteiger partial charge on any atom is 0.339 e. The summed E-state index contributed by atoms with van der Waals surface area (Å²) in [4.78, 5) is 3.92. The van der Waals surface area contributed by atoms with Crippen LogP contribution in [0.2, 0.25) is 0 Å². The fourth-order valence-electron chi connectivity index (χ4n) is 3.10. The Balaban J connectivity index is 0.000000328. The average molecular weight is 587 g/mol. The normalized spacial score (nSPS) is 11.1. The molecule has 0 aliphatic carbocycles. The first-order valence-electron chi connectivity index (χ1n) is 11.0. The second-order valence-electron chi connectivity index (χ2n) is 8.11. The third-order valence-corrected chi connectivity index (χ3v) is 7.75. The molecule has 208 valence electrons. The minimum atomic E-state index is -4.00. The zero-order valence-electron chi connectivity index (χ0n) is 22.1. The molecule has 0 unspecified atom stereocenters. The number of halogens is 1. The Morgan fingerprint density at radius 3 is 1.34 bits per heavy atom. The Hall–Kier alpha value is -3.35. The van der Waals surface area contributed by atoms with Gasteiger partial charge in [-0.15, -0.1) is 0 Å². The monoisotopic (exact) mass is 586 g/mol. The summed E-state index contributed by atoms with van der Waals surface area (Å²) in [5, 5.41) is 0. The highest BCUT2D eigenvalue weighted by Crippen LogP contribution is 2.41. The van der Waals surface area contributed by atoms with Crippen LogP contribution in [0.1, 0.15) is 0 Å². The van der Waals surface area contributed by atoms with Crippen LogP contribution < -0.4 is 28.2 Å². The van der Waals surface area contributed by atoms with E-state index < -0.39 is 19.2 Å². The van der Waals surface area contributed by atoms with Gasteiger partial charge in [-0.3, -0.25) is 0 Å². The maximum atomic E-state index is 12.5. The number of anilines is 2. The summed E-state index contributed by atoms with van der Waals surface area (Å²) < 4.78 is 67.5. The van der Waals surface area contributed by atoms with Crippen LogP contribution >= 0.6 is 10.7 Å². The summed E-state index contributed by atoms with van der Waals surface area (Å²) in [6.45, 7) is 0. The number of benzene rings is 3. The van der Waals surface area contributed by atoms with Gasteiger partial charge >= 0.3 is 10.1 Å². The van der Waals surface area contributed by atoms with Crippen molar-refractivity contribution in [1.29, 1.82) is 0 Å². The van der Waals surface area contributed by atoms with Crippen LogP contribution in [0.4, 0.5) is 11.4 Å². The second-order valence-corrected chi connectivity index (χ2v) is 12.2. The number of rotatable bonds is 9. The standard InChI is InChI=1S/C17H21NO6S.C8H10ClNO2S/c1-18(2)12-6-8-14(9-7-12)25(19,20)24-13-10-15(21-3)17(23-5)16(11-13)22-4;1-10(2)7-3-5-8(6-4-7)13(9,11)12/h6-11H,1-5H3;3-6H,1-2H3. The lowest BCUT2D eigenvalue weighted by atomic mass is 10.2. The Morgan fingerprint density at radius 1 is 0.632 bits per heavy atom. The van der Waals surface area contributed by atoms with Crippen molar-refractivity contribution >= 4 is 41.2 Å². The molecule has 13 heteroatoms. The highest BCUT2D eigenvalue weighted by molar-refractivity contribution is 8.13. The van der Waals surface area contributed by atoms with Crippen molar-refractivity contribution in [2.75, 3.05) is 59.3 Å². The van der Waals surface area contributed by atoms with Crippen LogP contribution in [-0.2, 0) is 19.2 Å². The highest BCUT2D eigenvalue weighted by Gasteiger charge is 2.20. The van der Waals surface area contributed by atoms with Gasteiger partial charge in [0.15, 0.2) is 17.2 Å². The van der Waals surface area contributed by atoms with Crippen molar-refractivity contribution in [2.45, 2.75) is 9.79 Å². The van der Waals surface area contributed by atoms with Gasteiger partial charge < -0.3 is 28.2 Å². The van der Waals surface area contributed by atoms with Crippen LogP contribution in [0, 0.1) is 0 Å². The summed E-state index contributed by atoms with van der Waals surface area (Å²) in [5.41, 5.74) is 1.82. The van der Waals surface area contributed by atoms with E-state index in [9.17, 15) is 16.8 Å². The molecule has 0 N–H and O–H groups in total. The van der Waals surface area contributed by atoms with E-state index in [0.29, 0.717) is 17.2 Å². The van der Waals surface area contributed by atoms with Crippen molar-refractivity contribution in [3.05, 3.63) is 60.7 Å². The van der Waals surface area contributed by atoms with Crippen molar-refractivity contribution in [3.8, 4) is 23.0 Å². The van der Waals surface area contributed by atoms with E-state index in [-0.39, 0.29) is 15.5 Å². The number of hydrogen-bond acceptors (Lipinski definition) is 10. The molecule has 0 bridgehead atoms. The maximum absolute atomic E-state index is 12.5. The number of methoxy groups -OCH3 is 3. The van der Waals surface area contributed by atoms with Gasteiger partial charge in [-0.1, -0.05) is 0 Å². The average Bonchev–Trinajstić information content (AvgIpc) is 2.87. The quantitative estimate of drug-likeness (QED) is 0.267. The van der Waals surface area contributed by atoms with Crippen molar-refractivity contribution in [3.63, 3.8) is 0 Å². The molecule has 0 aromatic heterocycles. The van der Waals surface area contributed by atoms with E-state index in [1.165, 1.54) is 57.7 Å². The summed E-state index contributed by atoms with van der Waals surface area (Å²) in [6, 6.07) is 15.6. The summed E-state index contributed by atoms with van der Waals surface area (Å²) >= 11 is 0. The molecule has 0 aliphatic rings. The topological polar surface area (TPSA) is 112 Å². The Kier molecular flexibility index (Phi) is 10.5. The van der Waals surface area contributed by atoms with E-state index >= 15 is 0 Å². The predicted molar refractivity (Wildman–Crippen MR) is 148 cm³/mol. The van der Waals surface area contributed by atoms with Gasteiger partial charge in [-0.2, -0.15) is 8.42 Å². The molecule has 0 spiro atoms. The van der Waals surface area contributed by atoms with E-state index in [0.717, 1.165) is 11.4 Å². The molecule has 0 radical (unpaired) electrons. The molecule has 3 aromatic rings. The van der Waals surface area contributed by atoms with Crippen LogP contribution in [-0.4, -0.2) is 66.4 Å². The van der Waals surface area contributed by atoms with Crippen LogP contribution in [0.15, 0.2) is 70.5 Å². The van der Waals surface area contributed by atoms with Crippen molar-refractivity contribution < 1.29 is 35.2 Å². The zero-order chi connectivity index (χ0) is 28.7. The van der Waals surface area contributed by atoms with Gasteiger partial charge in [0.2, 0.25) is 5.75 Å². The lowest BCUT2D eigenvalue weighted by Gasteiger charge is -2.15. The third kappa shape index (κ3) is 8.07. The third-order valence-electron chi connectivity index (χ3n) is 5.12. The minimum Gasteiger partial charge on any atom is -0.493 e. The van der Waals surface area contributed by atoms with Gasteiger partial charge in [-0.25, -0.2) is 8.42 Å². The molecule has 0 fully saturated rings. The van der Waals surface area contributed by atoms with Gasteiger partial charge in [0.25, 0.3) is 9.05 Å². The first kappa shape index (κ1) is 30.9. The lowest BCUT2D eigenvalue weighted by molar-refractivity contribution is 0.322. The van der Waals surface area contributed by atoms with E-state index in [4.69, 9.17) is 29.1 Å². The molecule has 38 heavy (non-hydrogen) atoms. The first-order chi connectivity index (χ1) is 17.7. The molecular weight excluding hydrogens is 556 g/mol. The van der Waals surface area contributed by atoms with Gasteiger partial charge in [0.1, 0.15) is 4.90 Å². The Morgan fingerprint density at radius 2 is 1.03 bits per heavy atom. The molecule has 10 nitrogen and oxygen atoms in total. The van der Waals surface area contributed by atoms with Crippen LogP contribution in [0.5, 0.6) is 23.0 Å². The second kappa shape index (κ2) is 12.9. The zero-order valence-corrected chi connectivity index (χ0v) is 24.5. The smallest absolute Gasteiger partial charge is 0.339 e.